The highest BCUT2D eigenvalue weighted by atomic mass is 16.5. The van der Waals surface area contributed by atoms with E-state index in [4.69, 9.17) is 15.7 Å². The number of benzene rings is 1. The maximum absolute atomic E-state index is 8.77. The van der Waals surface area contributed by atoms with Crippen LogP contribution in [0.25, 0.3) is 0 Å². The lowest BCUT2D eigenvalue weighted by Crippen LogP contribution is -2.10. The van der Waals surface area contributed by atoms with E-state index in [1.54, 1.807) is 0 Å². The lowest BCUT2D eigenvalue weighted by Gasteiger charge is -2.09. The van der Waals surface area contributed by atoms with Crippen LogP contribution in [-0.4, -0.2) is 15.0 Å². The van der Waals surface area contributed by atoms with Gasteiger partial charge >= 0.3 is 0 Å². The van der Waals surface area contributed by atoms with Crippen LogP contribution in [0.1, 0.15) is 23.9 Å². The molecule has 0 saturated heterocycles. The second-order valence-electron chi connectivity index (χ2n) is 4.29. The molecule has 0 radical (unpaired) electrons. The van der Waals surface area contributed by atoms with Gasteiger partial charge in [0.1, 0.15) is 30.3 Å². The van der Waals surface area contributed by atoms with E-state index >= 15 is 0 Å². The van der Waals surface area contributed by atoms with Crippen molar-refractivity contribution in [1.29, 1.82) is 5.26 Å². The molecule has 1 aromatic heterocycles. The minimum atomic E-state index is 0.140. The van der Waals surface area contributed by atoms with E-state index in [1.165, 1.54) is 10.2 Å². The number of nitrogens with zero attached hydrogens (tertiary/aromatic N) is 4. The highest BCUT2D eigenvalue weighted by molar-refractivity contribution is 5.28. The van der Waals surface area contributed by atoms with Gasteiger partial charge in [-0.15, -0.1) is 5.10 Å². The molecule has 0 spiro atoms. The van der Waals surface area contributed by atoms with Crippen LogP contribution in [0.15, 0.2) is 24.3 Å². The molecule has 2 rings (SSSR count). The molecule has 0 amide bonds. The minimum absolute atomic E-state index is 0.140. The molecule has 0 aliphatic carbocycles. The van der Waals surface area contributed by atoms with Crippen molar-refractivity contribution >= 4 is 0 Å². The number of nitrogens with two attached hydrogens (primary N) is 1. The first kappa shape index (κ1) is 14.0. The van der Waals surface area contributed by atoms with Crippen molar-refractivity contribution in [2.75, 3.05) is 0 Å². The Labute approximate surface area is 117 Å². The van der Waals surface area contributed by atoms with Gasteiger partial charge in [0.2, 0.25) is 0 Å². The van der Waals surface area contributed by atoms with Gasteiger partial charge in [-0.05, 0) is 24.1 Å². The van der Waals surface area contributed by atoms with Crippen LogP contribution in [0.2, 0.25) is 0 Å². The lowest BCUT2D eigenvalue weighted by atomic mass is 10.2. The monoisotopic (exact) mass is 271 g/mol. The molecule has 104 valence electrons. The molecule has 6 heteroatoms. The van der Waals surface area contributed by atoms with Crippen LogP contribution < -0.4 is 10.5 Å². The van der Waals surface area contributed by atoms with Gasteiger partial charge in [-0.25, -0.2) is 4.68 Å². The summed E-state index contributed by atoms with van der Waals surface area (Å²) in [4.78, 5) is 0. The van der Waals surface area contributed by atoms with Crippen LogP contribution in [0.3, 0.4) is 0 Å². The van der Waals surface area contributed by atoms with E-state index < -0.39 is 0 Å². The highest BCUT2D eigenvalue weighted by Crippen LogP contribution is 2.16. The first-order chi connectivity index (χ1) is 9.78. The molecular formula is C14H17N5O. The van der Waals surface area contributed by atoms with Crippen molar-refractivity contribution in [3.63, 3.8) is 0 Å². The summed E-state index contributed by atoms with van der Waals surface area (Å²) in [5.74, 6) is 0.789. The highest BCUT2D eigenvalue weighted by Gasteiger charge is 2.12. The molecule has 0 unspecified atom stereocenters. The third-order valence-electron chi connectivity index (χ3n) is 3.01. The predicted octanol–water partition coefficient (Wildman–Crippen LogP) is 1.40. The summed E-state index contributed by atoms with van der Waals surface area (Å²) in [5.41, 5.74) is 8.24. The van der Waals surface area contributed by atoms with Gasteiger partial charge in [0.05, 0.1) is 6.07 Å². The van der Waals surface area contributed by atoms with E-state index in [2.05, 4.69) is 23.3 Å². The molecule has 6 nitrogen and oxygen atoms in total. The molecule has 0 aliphatic heterocycles. The van der Waals surface area contributed by atoms with Crippen LogP contribution in [0.5, 0.6) is 5.75 Å². The fraction of sp³-hybridized carbons (Fsp3) is 0.357. The third kappa shape index (κ3) is 3.13. The molecule has 0 fully saturated rings. The van der Waals surface area contributed by atoms with Gasteiger partial charge < -0.3 is 10.5 Å². The molecule has 20 heavy (non-hydrogen) atoms. The van der Waals surface area contributed by atoms with E-state index in [0.717, 1.165) is 17.9 Å². The fourth-order valence-electron chi connectivity index (χ4n) is 1.89. The first-order valence-corrected chi connectivity index (χ1v) is 6.48. The van der Waals surface area contributed by atoms with Crippen LogP contribution in [0, 0.1) is 11.3 Å². The maximum Gasteiger partial charge on any atom is 0.132 e. The lowest BCUT2D eigenvalue weighted by molar-refractivity contribution is 0.292. The van der Waals surface area contributed by atoms with Gasteiger partial charge in [0.25, 0.3) is 0 Å². The molecule has 0 aliphatic rings. The van der Waals surface area contributed by atoms with Crippen LogP contribution >= 0.6 is 0 Å². The van der Waals surface area contributed by atoms with E-state index in [-0.39, 0.29) is 13.1 Å². The fourth-order valence-corrected chi connectivity index (χ4v) is 1.89. The largest absolute Gasteiger partial charge is 0.487 e. The number of nitriles is 1. The van der Waals surface area contributed by atoms with E-state index in [0.29, 0.717) is 12.3 Å². The van der Waals surface area contributed by atoms with Crippen LogP contribution in [0.4, 0.5) is 0 Å². The maximum atomic E-state index is 8.77. The Morgan fingerprint density at radius 1 is 1.45 bits per heavy atom. The molecule has 1 heterocycles. The second-order valence-corrected chi connectivity index (χ2v) is 4.29. The minimum Gasteiger partial charge on any atom is -0.487 e. The number of rotatable bonds is 6. The normalized spacial score (nSPS) is 10.2. The smallest absolute Gasteiger partial charge is 0.132 e. The molecule has 0 atom stereocenters. The summed E-state index contributed by atoms with van der Waals surface area (Å²) in [6, 6.07) is 9.96. The zero-order valence-corrected chi connectivity index (χ0v) is 11.4. The summed E-state index contributed by atoms with van der Waals surface area (Å²) in [5, 5.41) is 16.6. The Balaban J connectivity index is 2.13. The molecule has 0 bridgehead atoms. The predicted molar refractivity (Wildman–Crippen MR) is 73.7 cm³/mol. The van der Waals surface area contributed by atoms with Crippen molar-refractivity contribution < 1.29 is 4.74 Å². The Hall–Kier alpha value is -2.39. The number of aryl methyl sites for hydroxylation is 1. The molecule has 2 aromatic rings. The topological polar surface area (TPSA) is 89.8 Å². The Kier molecular flexibility index (Phi) is 4.69. The Morgan fingerprint density at radius 3 is 3.00 bits per heavy atom. The van der Waals surface area contributed by atoms with Gasteiger partial charge in [0, 0.05) is 6.54 Å². The summed E-state index contributed by atoms with van der Waals surface area (Å²) >= 11 is 0. The van der Waals surface area contributed by atoms with Gasteiger partial charge in [0.15, 0.2) is 0 Å². The number of hydrogen-bond donors (Lipinski definition) is 1. The molecule has 1 aromatic carbocycles. The molecule has 2 N–H and O–H groups in total. The number of aromatic nitrogens is 3. The quantitative estimate of drug-likeness (QED) is 0.857. The molecular weight excluding hydrogens is 254 g/mol. The van der Waals surface area contributed by atoms with Crippen molar-refractivity contribution in [2.24, 2.45) is 5.73 Å². The van der Waals surface area contributed by atoms with Gasteiger partial charge in [-0.2, -0.15) is 5.26 Å². The van der Waals surface area contributed by atoms with Crippen molar-refractivity contribution in [3.8, 4) is 11.8 Å². The van der Waals surface area contributed by atoms with Crippen molar-refractivity contribution in [1.82, 2.24) is 15.0 Å². The second kappa shape index (κ2) is 6.68. The summed E-state index contributed by atoms with van der Waals surface area (Å²) in [6.07, 6.45) is 0.958. The SMILES string of the molecule is CCc1cccc(OCc2c(CN)nnn2CC#N)c1. The Morgan fingerprint density at radius 2 is 2.30 bits per heavy atom. The zero-order valence-electron chi connectivity index (χ0n) is 11.4. The summed E-state index contributed by atoms with van der Waals surface area (Å²) in [6.45, 7) is 2.81. The van der Waals surface area contributed by atoms with Gasteiger partial charge in [-0.1, -0.05) is 24.3 Å². The Bertz CT molecular complexity index is 614. The number of hydrogen-bond acceptors (Lipinski definition) is 5. The van der Waals surface area contributed by atoms with Crippen molar-refractivity contribution in [3.05, 3.63) is 41.2 Å². The van der Waals surface area contributed by atoms with E-state index in [1.807, 2.05) is 24.3 Å². The first-order valence-electron chi connectivity index (χ1n) is 6.48. The third-order valence-corrected chi connectivity index (χ3v) is 3.01. The zero-order chi connectivity index (χ0) is 14.4. The summed E-state index contributed by atoms with van der Waals surface area (Å²) in [7, 11) is 0. The van der Waals surface area contributed by atoms with E-state index in [9.17, 15) is 0 Å². The number of ether oxygens (including phenoxy) is 1. The summed E-state index contributed by atoms with van der Waals surface area (Å²) < 4.78 is 7.28. The average molecular weight is 271 g/mol. The standard InChI is InChI=1S/C14H17N5O/c1-2-11-4-3-5-12(8-11)20-10-14-13(9-16)17-18-19(14)7-6-15/h3-5,8H,2,7,9-10,16H2,1H3. The van der Waals surface area contributed by atoms with Crippen molar-refractivity contribution in [2.45, 2.75) is 33.0 Å². The average Bonchev–Trinajstić information content (AvgIpc) is 2.88. The van der Waals surface area contributed by atoms with Gasteiger partial charge in [-0.3, -0.25) is 0 Å². The van der Waals surface area contributed by atoms with Crippen LogP contribution in [-0.2, 0) is 26.1 Å². The molecule has 0 saturated carbocycles.